The van der Waals surface area contributed by atoms with Gasteiger partial charge in [0.1, 0.15) is 12.6 Å². The summed E-state index contributed by atoms with van der Waals surface area (Å²) in [7, 11) is -4.14. The molecular weight excluding hydrogens is 546 g/mol. The number of halogens is 1. The fourth-order valence-electron chi connectivity index (χ4n) is 5.08. The van der Waals surface area contributed by atoms with Gasteiger partial charge < -0.3 is 10.2 Å². The largest absolute Gasteiger partial charge is 0.352 e. The lowest BCUT2D eigenvalue weighted by molar-refractivity contribution is -0.139. The van der Waals surface area contributed by atoms with Crippen molar-refractivity contribution < 1.29 is 18.0 Å². The molecule has 0 radical (unpaired) electrons. The molecule has 1 aliphatic carbocycles. The maximum absolute atomic E-state index is 14.1. The summed E-state index contributed by atoms with van der Waals surface area (Å²) < 4.78 is 28.9. The van der Waals surface area contributed by atoms with Gasteiger partial charge in [0.15, 0.2) is 0 Å². The molecule has 1 N–H and O–H groups in total. The molecule has 7 nitrogen and oxygen atoms in total. The molecule has 40 heavy (non-hydrogen) atoms. The highest BCUT2D eigenvalue weighted by molar-refractivity contribution is 7.92. The lowest BCUT2D eigenvalue weighted by atomic mass is 10.1. The van der Waals surface area contributed by atoms with Crippen LogP contribution in [0.15, 0.2) is 77.7 Å². The van der Waals surface area contributed by atoms with Crippen molar-refractivity contribution in [1.29, 1.82) is 0 Å². The Morgan fingerprint density at radius 1 is 0.975 bits per heavy atom. The molecule has 1 atom stereocenters. The molecule has 3 aromatic rings. The Morgan fingerprint density at radius 3 is 2.33 bits per heavy atom. The number of amides is 2. The summed E-state index contributed by atoms with van der Waals surface area (Å²) in [4.78, 5) is 28.9. The minimum absolute atomic E-state index is 0.0550. The van der Waals surface area contributed by atoms with Crippen molar-refractivity contribution in [2.75, 3.05) is 10.8 Å². The number of anilines is 1. The quantitative estimate of drug-likeness (QED) is 0.336. The summed E-state index contributed by atoms with van der Waals surface area (Å²) in [5.74, 6) is -0.737. The van der Waals surface area contributed by atoms with E-state index in [1.165, 1.54) is 17.0 Å². The number of hydrogen-bond donors (Lipinski definition) is 1. The van der Waals surface area contributed by atoms with Crippen LogP contribution < -0.4 is 9.62 Å². The van der Waals surface area contributed by atoms with Gasteiger partial charge in [-0.05, 0) is 69.0 Å². The minimum atomic E-state index is -4.14. The highest BCUT2D eigenvalue weighted by atomic mass is 35.5. The maximum atomic E-state index is 14.1. The molecule has 0 saturated heterocycles. The third-order valence-electron chi connectivity index (χ3n) is 7.42. The zero-order valence-corrected chi connectivity index (χ0v) is 24.7. The van der Waals surface area contributed by atoms with E-state index in [-0.39, 0.29) is 23.4 Å². The van der Waals surface area contributed by atoms with Crippen LogP contribution >= 0.6 is 11.6 Å². The van der Waals surface area contributed by atoms with E-state index in [0.717, 1.165) is 41.1 Å². The summed E-state index contributed by atoms with van der Waals surface area (Å²) in [5, 5.41) is 3.47. The third kappa shape index (κ3) is 6.85. The van der Waals surface area contributed by atoms with Crippen LogP contribution in [0.1, 0.15) is 49.3 Å². The molecule has 212 valence electrons. The first kappa shape index (κ1) is 29.6. The summed E-state index contributed by atoms with van der Waals surface area (Å²) in [6.45, 7) is 5.04. The molecule has 0 unspecified atom stereocenters. The topological polar surface area (TPSA) is 86.8 Å². The molecule has 9 heteroatoms. The Morgan fingerprint density at radius 2 is 1.65 bits per heavy atom. The summed E-state index contributed by atoms with van der Waals surface area (Å²) in [6, 6.07) is 20.0. The highest BCUT2D eigenvalue weighted by Crippen LogP contribution is 2.31. The molecule has 0 aromatic heterocycles. The zero-order valence-electron chi connectivity index (χ0n) is 23.1. The first-order chi connectivity index (χ1) is 19.1. The monoisotopic (exact) mass is 581 g/mol. The second kappa shape index (κ2) is 12.9. The zero-order chi connectivity index (χ0) is 28.9. The summed E-state index contributed by atoms with van der Waals surface area (Å²) in [5.41, 5.74) is 2.72. The van der Waals surface area contributed by atoms with Crippen LogP contribution in [-0.4, -0.2) is 43.8 Å². The highest BCUT2D eigenvalue weighted by Gasteiger charge is 2.34. The van der Waals surface area contributed by atoms with Crippen molar-refractivity contribution in [3.8, 4) is 0 Å². The summed E-state index contributed by atoms with van der Waals surface area (Å²) in [6.07, 6.45) is 3.97. The van der Waals surface area contributed by atoms with Crippen molar-refractivity contribution in [2.45, 2.75) is 70.0 Å². The fraction of sp³-hybridized carbons (Fsp3) is 0.355. The van der Waals surface area contributed by atoms with E-state index in [1.54, 1.807) is 50.2 Å². The van der Waals surface area contributed by atoms with E-state index in [4.69, 9.17) is 11.6 Å². The average Bonchev–Trinajstić information content (AvgIpc) is 3.45. The molecule has 1 saturated carbocycles. The van der Waals surface area contributed by atoms with Gasteiger partial charge >= 0.3 is 0 Å². The van der Waals surface area contributed by atoms with Crippen molar-refractivity contribution >= 4 is 39.1 Å². The van der Waals surface area contributed by atoms with Crippen LogP contribution in [0, 0.1) is 13.8 Å². The Balaban J connectivity index is 1.71. The Labute approximate surface area is 242 Å². The van der Waals surface area contributed by atoms with Gasteiger partial charge in [-0.3, -0.25) is 13.9 Å². The number of carbonyl (C=O) groups excluding carboxylic acids is 2. The van der Waals surface area contributed by atoms with E-state index >= 15 is 0 Å². The lowest BCUT2D eigenvalue weighted by Gasteiger charge is -2.33. The predicted molar refractivity (Wildman–Crippen MR) is 159 cm³/mol. The lowest BCUT2D eigenvalue weighted by Crippen LogP contribution is -2.52. The van der Waals surface area contributed by atoms with Gasteiger partial charge in [-0.2, -0.15) is 0 Å². The molecular formula is C31H36ClN3O4S. The van der Waals surface area contributed by atoms with Crippen LogP contribution in [0.2, 0.25) is 5.02 Å². The van der Waals surface area contributed by atoms with E-state index in [2.05, 4.69) is 5.32 Å². The molecule has 1 fully saturated rings. The van der Waals surface area contributed by atoms with Crippen LogP contribution in [0.25, 0.3) is 0 Å². The van der Waals surface area contributed by atoms with Crippen LogP contribution in [-0.2, 0) is 26.2 Å². The SMILES string of the molecule is Cc1cccc(CN(C(=O)CN(c2cccc(Cl)c2C)S(=O)(=O)c2ccccc2)[C@@H](C)C(=O)NC2CCCC2)c1. The molecule has 0 aliphatic heterocycles. The first-order valence-corrected chi connectivity index (χ1v) is 15.4. The number of sulfonamides is 1. The Hall–Kier alpha value is -3.36. The van der Waals surface area contributed by atoms with Crippen molar-refractivity contribution in [3.63, 3.8) is 0 Å². The van der Waals surface area contributed by atoms with E-state index < -0.39 is 28.5 Å². The molecule has 0 bridgehead atoms. The number of benzene rings is 3. The Bertz CT molecular complexity index is 1460. The second-order valence-corrected chi connectivity index (χ2v) is 12.7. The second-order valence-electron chi connectivity index (χ2n) is 10.4. The van der Waals surface area contributed by atoms with Crippen molar-refractivity contribution in [3.05, 3.63) is 94.5 Å². The van der Waals surface area contributed by atoms with Gasteiger partial charge in [0.2, 0.25) is 11.8 Å². The molecule has 4 rings (SSSR count). The normalized spacial score (nSPS) is 14.5. The summed E-state index contributed by atoms with van der Waals surface area (Å²) >= 11 is 6.38. The van der Waals surface area contributed by atoms with Gasteiger partial charge in [-0.1, -0.05) is 78.5 Å². The fourth-order valence-corrected chi connectivity index (χ4v) is 6.74. The van der Waals surface area contributed by atoms with Crippen molar-refractivity contribution in [1.82, 2.24) is 10.2 Å². The number of nitrogens with one attached hydrogen (secondary N) is 1. The van der Waals surface area contributed by atoms with Crippen molar-refractivity contribution in [2.24, 2.45) is 0 Å². The Kier molecular flexibility index (Phi) is 9.53. The number of nitrogens with zero attached hydrogens (tertiary/aromatic N) is 2. The number of hydrogen-bond acceptors (Lipinski definition) is 4. The van der Waals surface area contributed by atoms with Crippen LogP contribution in [0.5, 0.6) is 0 Å². The van der Waals surface area contributed by atoms with Gasteiger partial charge in [0.25, 0.3) is 10.0 Å². The van der Waals surface area contributed by atoms with Gasteiger partial charge in [0.05, 0.1) is 10.6 Å². The van der Waals surface area contributed by atoms with Gasteiger partial charge in [-0.15, -0.1) is 0 Å². The van der Waals surface area contributed by atoms with Gasteiger partial charge in [-0.25, -0.2) is 8.42 Å². The average molecular weight is 582 g/mol. The molecule has 1 aliphatic rings. The smallest absolute Gasteiger partial charge is 0.264 e. The molecule has 0 spiro atoms. The molecule has 0 heterocycles. The van der Waals surface area contributed by atoms with Crippen LogP contribution in [0.4, 0.5) is 5.69 Å². The van der Waals surface area contributed by atoms with Gasteiger partial charge in [0, 0.05) is 17.6 Å². The standard InChI is InChI=1S/C31H36ClN3O4S/c1-22-11-9-12-25(19-22)20-34(24(3)31(37)33-26-13-7-8-14-26)30(36)21-35(29-18-10-17-28(32)23(29)2)40(38,39)27-15-5-4-6-16-27/h4-6,9-12,15-19,24,26H,7-8,13-14,20-21H2,1-3H3,(H,33,37)/t24-/m0/s1. The maximum Gasteiger partial charge on any atom is 0.264 e. The predicted octanol–water partition coefficient (Wildman–Crippen LogP) is 5.63. The number of aryl methyl sites for hydroxylation is 1. The number of carbonyl (C=O) groups is 2. The van der Waals surface area contributed by atoms with E-state index in [0.29, 0.717) is 16.3 Å². The first-order valence-electron chi connectivity index (χ1n) is 13.6. The van der Waals surface area contributed by atoms with Crippen LogP contribution in [0.3, 0.4) is 0 Å². The molecule has 3 aromatic carbocycles. The van der Waals surface area contributed by atoms with E-state index in [1.807, 2.05) is 31.2 Å². The van der Waals surface area contributed by atoms with E-state index in [9.17, 15) is 18.0 Å². The minimum Gasteiger partial charge on any atom is -0.352 e. The number of rotatable bonds is 10. The molecule has 2 amide bonds. The third-order valence-corrected chi connectivity index (χ3v) is 9.61.